The van der Waals surface area contributed by atoms with Crippen molar-refractivity contribution in [3.05, 3.63) is 30.0 Å². The number of imidazole rings is 1. The van der Waals surface area contributed by atoms with Crippen molar-refractivity contribution in [1.82, 2.24) is 24.9 Å². The molecule has 1 aliphatic rings. The Morgan fingerprint density at radius 3 is 2.86 bits per heavy atom. The second-order valence-corrected chi connectivity index (χ2v) is 6.43. The van der Waals surface area contributed by atoms with E-state index in [1.807, 2.05) is 0 Å². The maximum absolute atomic E-state index is 14.5. The first kappa shape index (κ1) is 19.2. The number of anilines is 1. The zero-order valence-electron chi connectivity index (χ0n) is 15.2. The fourth-order valence-electron chi connectivity index (χ4n) is 3.14. The number of pyridine rings is 1. The van der Waals surface area contributed by atoms with Gasteiger partial charge in [0.05, 0.1) is 19.3 Å². The summed E-state index contributed by atoms with van der Waals surface area (Å²) in [7, 11) is 1.34. The van der Waals surface area contributed by atoms with Crippen LogP contribution >= 0.6 is 0 Å². The largest absolute Gasteiger partial charge is 0.491 e. The molecule has 3 aromatic rings. The molecule has 9 nitrogen and oxygen atoms in total. The number of methoxy groups -OCH3 is 1. The first-order valence-electron chi connectivity index (χ1n) is 8.73. The molecule has 3 aromatic heterocycles. The van der Waals surface area contributed by atoms with Gasteiger partial charge < -0.3 is 20.3 Å². The first-order chi connectivity index (χ1) is 14.0. The van der Waals surface area contributed by atoms with Crippen molar-refractivity contribution in [3.63, 3.8) is 0 Å². The fourth-order valence-corrected chi connectivity index (χ4v) is 3.14. The Bertz CT molecular complexity index is 1050. The van der Waals surface area contributed by atoms with Crippen molar-refractivity contribution < 1.29 is 28.1 Å². The van der Waals surface area contributed by atoms with Gasteiger partial charge in [-0.1, -0.05) is 0 Å². The minimum atomic E-state index is -1.19. The molecular weight excluding hydrogens is 393 g/mol. The van der Waals surface area contributed by atoms with Gasteiger partial charge in [0.2, 0.25) is 0 Å². The highest BCUT2D eigenvalue weighted by atomic mass is 19.1. The third kappa shape index (κ3) is 3.51. The quantitative estimate of drug-likeness (QED) is 0.434. The third-order valence-electron chi connectivity index (χ3n) is 4.62. The second-order valence-electron chi connectivity index (χ2n) is 6.43. The van der Waals surface area contributed by atoms with E-state index in [-0.39, 0.29) is 47.4 Å². The van der Waals surface area contributed by atoms with Crippen LogP contribution in [-0.4, -0.2) is 57.3 Å². The van der Waals surface area contributed by atoms with Gasteiger partial charge in [0.15, 0.2) is 28.8 Å². The van der Waals surface area contributed by atoms with Crippen LogP contribution in [0.2, 0.25) is 0 Å². The predicted octanol–water partition coefficient (Wildman–Crippen LogP) is 2.04. The van der Waals surface area contributed by atoms with Crippen LogP contribution in [0.4, 0.5) is 19.0 Å². The van der Waals surface area contributed by atoms with E-state index >= 15 is 0 Å². The molecular formula is C17H17F3N6O3. The van der Waals surface area contributed by atoms with E-state index in [9.17, 15) is 13.2 Å². The number of hydrogen-bond donors (Lipinski definition) is 3. The van der Waals surface area contributed by atoms with Crippen LogP contribution in [0, 0.1) is 11.6 Å². The van der Waals surface area contributed by atoms with Crippen LogP contribution in [0.5, 0.6) is 11.6 Å². The highest BCUT2D eigenvalue weighted by Crippen LogP contribution is 2.30. The molecule has 12 heteroatoms. The van der Waals surface area contributed by atoms with Gasteiger partial charge in [-0.05, 0) is 13.0 Å². The monoisotopic (exact) mass is 410 g/mol. The Labute approximate surface area is 162 Å². The Morgan fingerprint density at radius 1 is 1.31 bits per heavy atom. The van der Waals surface area contributed by atoms with Gasteiger partial charge in [0.25, 0.3) is 0 Å². The molecule has 0 saturated carbocycles. The molecule has 3 N–H and O–H groups in total. The summed E-state index contributed by atoms with van der Waals surface area (Å²) in [4.78, 5) is 12.3. The molecule has 1 fully saturated rings. The average molecular weight is 410 g/mol. The van der Waals surface area contributed by atoms with Crippen LogP contribution in [0.15, 0.2) is 18.3 Å². The van der Waals surface area contributed by atoms with Crippen molar-refractivity contribution in [2.24, 2.45) is 0 Å². The smallest absolute Gasteiger partial charge is 0.315 e. The molecule has 0 aromatic carbocycles. The van der Waals surface area contributed by atoms with Crippen LogP contribution < -0.4 is 20.3 Å². The topological polar surface area (TPSA) is 106 Å². The molecule has 0 bridgehead atoms. The van der Waals surface area contributed by atoms with E-state index < -0.39 is 23.8 Å². The van der Waals surface area contributed by atoms with Gasteiger partial charge >= 0.3 is 5.88 Å². The minimum Gasteiger partial charge on any atom is -0.491 e. The van der Waals surface area contributed by atoms with Gasteiger partial charge in [0.1, 0.15) is 17.6 Å². The van der Waals surface area contributed by atoms with Gasteiger partial charge in [-0.25, -0.2) is 32.9 Å². The van der Waals surface area contributed by atoms with Gasteiger partial charge in [-0.3, -0.25) is 0 Å². The number of hydrogen-bond acceptors (Lipinski definition) is 8. The van der Waals surface area contributed by atoms with Crippen molar-refractivity contribution in [2.75, 3.05) is 25.5 Å². The first-order valence-corrected chi connectivity index (χ1v) is 8.73. The fraction of sp³-hybridized carbons (Fsp3) is 0.353. The summed E-state index contributed by atoms with van der Waals surface area (Å²) in [6, 6.07) is 1.35. The normalized spacial score (nSPS) is 19.3. The lowest BCUT2D eigenvalue weighted by Gasteiger charge is -2.28. The standard InChI is InChI=1S/C17H17F3N6O3/c1-28-13-5-14-22-7-12(26(14)25-17(13)29-27)15-9(19)4-10(20)16(24-15)23-11-6-21-3-2-8(11)18/h4-5,7-8,11,21,27H,2-3,6H2,1H3,(H,23,24)/t8-,11-/m1/s1. The number of rotatable bonds is 5. The van der Waals surface area contributed by atoms with Crippen LogP contribution in [-0.2, 0) is 0 Å². The molecule has 154 valence electrons. The summed E-state index contributed by atoms with van der Waals surface area (Å²) < 4.78 is 49.0. The molecule has 4 heterocycles. The summed E-state index contributed by atoms with van der Waals surface area (Å²) in [5.74, 6) is -2.39. The van der Waals surface area contributed by atoms with Crippen LogP contribution in [0.1, 0.15) is 6.42 Å². The summed E-state index contributed by atoms with van der Waals surface area (Å²) in [6.07, 6.45) is 0.354. The van der Waals surface area contributed by atoms with E-state index in [2.05, 4.69) is 30.6 Å². The van der Waals surface area contributed by atoms with Crippen LogP contribution in [0.25, 0.3) is 17.0 Å². The van der Waals surface area contributed by atoms with Crippen molar-refractivity contribution >= 4 is 11.5 Å². The minimum absolute atomic E-state index is 0.0695. The summed E-state index contributed by atoms with van der Waals surface area (Å²) in [5, 5.41) is 18.7. The van der Waals surface area contributed by atoms with E-state index in [0.717, 1.165) is 4.52 Å². The number of piperidine rings is 1. The number of halogens is 3. The number of aromatic nitrogens is 4. The highest BCUT2D eigenvalue weighted by molar-refractivity contribution is 5.63. The zero-order chi connectivity index (χ0) is 20.5. The third-order valence-corrected chi connectivity index (χ3v) is 4.62. The van der Waals surface area contributed by atoms with Crippen LogP contribution in [0.3, 0.4) is 0 Å². The predicted molar refractivity (Wildman–Crippen MR) is 95.7 cm³/mol. The Balaban J connectivity index is 1.77. The van der Waals surface area contributed by atoms with Gasteiger partial charge in [-0.15, -0.1) is 5.10 Å². The Kier molecular flexibility index (Phi) is 5.11. The molecule has 0 spiro atoms. The second kappa shape index (κ2) is 7.72. The average Bonchev–Trinajstić information content (AvgIpc) is 3.13. The highest BCUT2D eigenvalue weighted by Gasteiger charge is 2.27. The molecule has 4 rings (SSSR count). The van der Waals surface area contributed by atoms with Gasteiger partial charge in [-0.2, -0.15) is 0 Å². The Hall–Kier alpha value is -3.12. The maximum atomic E-state index is 14.5. The van der Waals surface area contributed by atoms with E-state index in [1.165, 1.54) is 19.4 Å². The zero-order valence-corrected chi connectivity index (χ0v) is 15.2. The number of nitrogens with zero attached hydrogens (tertiary/aromatic N) is 4. The number of ether oxygens (including phenoxy) is 1. The molecule has 1 saturated heterocycles. The summed E-state index contributed by atoms with van der Waals surface area (Å²) in [6.45, 7) is 0.805. The number of fused-ring (bicyclic) bond motifs is 1. The van der Waals surface area contributed by atoms with Crippen molar-refractivity contribution in [1.29, 1.82) is 0 Å². The molecule has 0 amide bonds. The van der Waals surface area contributed by atoms with Crippen molar-refractivity contribution in [2.45, 2.75) is 18.6 Å². The molecule has 0 aliphatic carbocycles. The molecule has 0 unspecified atom stereocenters. The van der Waals surface area contributed by atoms with E-state index in [1.54, 1.807) is 0 Å². The lowest BCUT2D eigenvalue weighted by atomic mass is 10.1. The SMILES string of the molecule is COc1cc2ncc(-c3nc(N[C@@H]4CNCC[C@H]4F)c(F)cc3F)n2nc1OO. The molecule has 0 radical (unpaired) electrons. The van der Waals surface area contributed by atoms with E-state index in [0.29, 0.717) is 12.6 Å². The Morgan fingerprint density at radius 2 is 2.14 bits per heavy atom. The number of nitrogens with one attached hydrogen (secondary N) is 2. The lowest BCUT2D eigenvalue weighted by molar-refractivity contribution is -0.143. The van der Waals surface area contributed by atoms with Gasteiger partial charge in [0, 0.05) is 18.7 Å². The lowest BCUT2D eigenvalue weighted by Crippen LogP contribution is -2.46. The maximum Gasteiger partial charge on any atom is 0.315 e. The number of alkyl halides is 1. The molecule has 29 heavy (non-hydrogen) atoms. The molecule has 2 atom stereocenters. The van der Waals surface area contributed by atoms with E-state index in [4.69, 9.17) is 9.99 Å². The summed E-state index contributed by atoms with van der Waals surface area (Å²) in [5.41, 5.74) is 0.0557. The summed E-state index contributed by atoms with van der Waals surface area (Å²) >= 11 is 0. The molecule has 1 aliphatic heterocycles. The van der Waals surface area contributed by atoms with Crippen molar-refractivity contribution in [3.8, 4) is 23.0 Å².